The maximum Gasteiger partial charge on any atom is 0.244 e. The van der Waals surface area contributed by atoms with Crippen molar-refractivity contribution in [2.45, 2.75) is 5.41 Å². The van der Waals surface area contributed by atoms with Gasteiger partial charge in [0.15, 0.2) is 0 Å². The summed E-state index contributed by atoms with van der Waals surface area (Å²) in [5.41, 5.74) is 14.8. The Hall–Kier alpha value is -6.86. The van der Waals surface area contributed by atoms with Gasteiger partial charge in [-0.25, -0.2) is 4.98 Å². The number of rotatable bonds is 5. The molecule has 0 fully saturated rings. The highest BCUT2D eigenvalue weighted by molar-refractivity contribution is 6.09. The normalized spacial score (nSPS) is 13.3. The number of pyridine rings is 1. The van der Waals surface area contributed by atoms with Crippen molar-refractivity contribution < 1.29 is 9.30 Å². The van der Waals surface area contributed by atoms with Gasteiger partial charge < -0.3 is 23.7 Å². The van der Waals surface area contributed by atoms with Crippen molar-refractivity contribution in [3.63, 3.8) is 0 Å². The lowest BCUT2D eigenvalue weighted by Gasteiger charge is -2.43. The Labute approximate surface area is 319 Å². The monoisotopic (exact) mass is 714 g/mol. The summed E-state index contributed by atoms with van der Waals surface area (Å²) in [6.45, 7) is 0. The van der Waals surface area contributed by atoms with E-state index in [1.165, 1.54) is 50.1 Å². The number of aromatic nitrogens is 4. The lowest BCUT2D eigenvalue weighted by atomic mass is 9.64. The van der Waals surface area contributed by atoms with Gasteiger partial charge in [-0.15, -0.1) is 0 Å². The predicted molar refractivity (Wildman–Crippen MR) is 221 cm³/mol. The molecule has 11 rings (SSSR count). The minimum Gasteiger partial charge on any atom is -0.458 e. The van der Waals surface area contributed by atoms with E-state index >= 15 is 0 Å². The van der Waals surface area contributed by atoms with Crippen LogP contribution in [0.1, 0.15) is 22.3 Å². The first kappa shape index (κ1) is 31.6. The second-order valence-corrected chi connectivity index (χ2v) is 15.1. The Morgan fingerprint density at radius 2 is 1.31 bits per heavy atom. The summed E-state index contributed by atoms with van der Waals surface area (Å²) in [5, 5.41) is 2.33. The second kappa shape index (κ2) is 11.3. The van der Waals surface area contributed by atoms with Gasteiger partial charge in [-0.2, -0.15) is 0 Å². The van der Waals surface area contributed by atoms with Crippen molar-refractivity contribution in [1.82, 2.24) is 14.1 Å². The molecule has 3 aromatic heterocycles. The van der Waals surface area contributed by atoms with Crippen LogP contribution in [0.5, 0.6) is 11.5 Å². The molecule has 266 valence electrons. The van der Waals surface area contributed by atoms with E-state index in [0.29, 0.717) is 0 Å². The van der Waals surface area contributed by atoms with Crippen LogP contribution in [0.25, 0.3) is 55.5 Å². The smallest absolute Gasteiger partial charge is 0.244 e. The number of aryl methyl sites for hydroxylation is 1. The van der Waals surface area contributed by atoms with Crippen LogP contribution in [-0.2, 0) is 12.5 Å². The molecule has 1 spiro atoms. The third-order valence-electron chi connectivity index (χ3n) is 11.7. The number of hydrogen-bond acceptors (Lipinski definition) is 4. The number of para-hydroxylation sites is 2. The first-order valence-corrected chi connectivity index (χ1v) is 18.7. The van der Waals surface area contributed by atoms with Crippen LogP contribution in [0, 0.1) is 6.33 Å². The van der Waals surface area contributed by atoms with Crippen molar-refractivity contribution in [3.05, 3.63) is 168 Å². The summed E-state index contributed by atoms with van der Waals surface area (Å²) < 4.78 is 13.4. The fraction of sp³-hybridized carbons (Fsp3) is 0.125. The maximum absolute atomic E-state index is 6.86. The lowest BCUT2D eigenvalue weighted by Crippen LogP contribution is -2.36. The van der Waals surface area contributed by atoms with Crippen molar-refractivity contribution in [3.8, 4) is 34.1 Å². The molecular weight excluding hydrogens is 677 g/mol. The largest absolute Gasteiger partial charge is 0.458 e. The molecule has 6 aromatic carbocycles. The molecule has 0 saturated carbocycles. The van der Waals surface area contributed by atoms with Gasteiger partial charge in [0.05, 0.1) is 40.2 Å². The minimum absolute atomic E-state index is 0.614. The molecule has 0 atom stereocenters. The van der Waals surface area contributed by atoms with Crippen LogP contribution in [-0.4, -0.2) is 42.3 Å². The predicted octanol–water partition coefficient (Wildman–Crippen LogP) is 9.35. The van der Waals surface area contributed by atoms with Crippen molar-refractivity contribution in [2.24, 2.45) is 7.05 Å². The van der Waals surface area contributed by atoms with E-state index in [4.69, 9.17) is 9.72 Å². The zero-order valence-electron chi connectivity index (χ0n) is 31.4. The van der Waals surface area contributed by atoms with Gasteiger partial charge in [0.25, 0.3) is 0 Å². The van der Waals surface area contributed by atoms with E-state index in [0.717, 1.165) is 50.5 Å². The molecule has 0 saturated heterocycles. The van der Waals surface area contributed by atoms with Crippen LogP contribution < -0.4 is 19.1 Å². The zero-order chi connectivity index (χ0) is 37.2. The highest BCUT2D eigenvalue weighted by atomic mass is 16.5. The van der Waals surface area contributed by atoms with Crippen LogP contribution in [0.4, 0.5) is 11.4 Å². The molecule has 7 heteroatoms. The Balaban J connectivity index is 1.17. The molecule has 0 radical (unpaired) electrons. The summed E-state index contributed by atoms with van der Waals surface area (Å²) in [7, 11) is 10.7. The molecule has 7 nitrogen and oxygen atoms in total. The van der Waals surface area contributed by atoms with Crippen molar-refractivity contribution in [1.29, 1.82) is 0 Å². The Morgan fingerprint density at radius 3 is 2.04 bits per heavy atom. The molecule has 4 heterocycles. The summed E-state index contributed by atoms with van der Waals surface area (Å²) >= 11 is 0. The van der Waals surface area contributed by atoms with Gasteiger partial charge >= 0.3 is 0 Å². The van der Waals surface area contributed by atoms with E-state index < -0.39 is 5.41 Å². The molecule has 9 aromatic rings. The van der Waals surface area contributed by atoms with Crippen LogP contribution >= 0.6 is 0 Å². The first-order valence-electron chi connectivity index (χ1n) is 18.7. The maximum atomic E-state index is 6.86. The number of imidazole rings is 1. The van der Waals surface area contributed by atoms with Gasteiger partial charge in [0, 0.05) is 73.7 Å². The second-order valence-electron chi connectivity index (χ2n) is 15.1. The highest BCUT2D eigenvalue weighted by Crippen LogP contribution is 2.64. The average molecular weight is 715 g/mol. The van der Waals surface area contributed by atoms with E-state index in [-0.39, 0.29) is 0 Å². The fourth-order valence-electron chi connectivity index (χ4n) is 9.60. The Morgan fingerprint density at radius 1 is 0.636 bits per heavy atom. The number of anilines is 2. The van der Waals surface area contributed by atoms with E-state index in [1.54, 1.807) is 0 Å². The Bertz CT molecular complexity index is 2990. The lowest BCUT2D eigenvalue weighted by molar-refractivity contribution is -0.649. The SMILES string of the molecule is CN(C)c1cccc2c1C1(c3ccc(Oc4ccc5c6ccccc6n(-c6ccccn6)c5c4)cc3-n3[c-][n+](C)c4cccc1c43)c1c-2cccc1N(C)C. The van der Waals surface area contributed by atoms with E-state index in [1.807, 2.05) is 24.4 Å². The molecule has 55 heavy (non-hydrogen) atoms. The molecule has 0 unspecified atom stereocenters. The molecular formula is C48H38N6O. The molecule has 1 aliphatic carbocycles. The van der Waals surface area contributed by atoms with E-state index in [9.17, 15) is 0 Å². The van der Waals surface area contributed by atoms with Gasteiger partial charge in [0.1, 0.15) is 17.3 Å². The van der Waals surface area contributed by atoms with Gasteiger partial charge in [0.2, 0.25) is 6.33 Å². The minimum atomic E-state index is -0.614. The standard InChI is InChI=1S/C48H38N6O/c1-50(2)39-18-10-14-34-35-15-11-19-40(51(3)4)46(35)48(45(34)39)36-25-23-31(28-43(36)53-29-52(5)41-20-12-16-37(48)47(41)53)55-30-22-24-33-32-13-6-7-17-38(32)54(42(33)27-30)44-21-8-9-26-49-44/h6-28H,1-5H3. The topological polar surface area (TPSA) is 42.3 Å². The fourth-order valence-corrected chi connectivity index (χ4v) is 9.60. The Kier molecular flexibility index (Phi) is 6.52. The summed E-state index contributed by atoms with van der Waals surface area (Å²) in [5.74, 6) is 2.38. The first-order chi connectivity index (χ1) is 26.9. The summed E-state index contributed by atoms with van der Waals surface area (Å²) in [6, 6.07) is 47.8. The average Bonchev–Trinajstić information content (AvgIpc) is 3.83. The number of fused-ring (bicyclic) bond motifs is 12. The van der Waals surface area contributed by atoms with Gasteiger partial charge in [-0.05, 0) is 76.9 Å². The molecule has 0 amide bonds. The summed E-state index contributed by atoms with van der Waals surface area (Å²) in [6.07, 6.45) is 5.52. The molecule has 2 aliphatic rings. The van der Waals surface area contributed by atoms with Crippen molar-refractivity contribution in [2.75, 3.05) is 38.0 Å². The van der Waals surface area contributed by atoms with E-state index in [2.05, 4.69) is 180 Å². The molecule has 1 aliphatic heterocycles. The third kappa shape index (κ3) is 4.15. The van der Waals surface area contributed by atoms with Crippen molar-refractivity contribution >= 4 is 44.2 Å². The quantitative estimate of drug-likeness (QED) is 0.132. The molecule has 0 bridgehead atoms. The number of benzene rings is 6. The van der Waals surface area contributed by atoms with Crippen LogP contribution in [0.3, 0.4) is 0 Å². The van der Waals surface area contributed by atoms with Gasteiger partial charge in [-0.1, -0.05) is 72.8 Å². The molecule has 0 N–H and O–H groups in total. The highest BCUT2D eigenvalue weighted by Gasteiger charge is 2.52. The number of ether oxygens (including phenoxy) is 1. The van der Waals surface area contributed by atoms with Crippen LogP contribution in [0.15, 0.2) is 140 Å². The summed E-state index contributed by atoms with van der Waals surface area (Å²) in [4.78, 5) is 9.26. The number of nitrogens with zero attached hydrogens (tertiary/aromatic N) is 6. The van der Waals surface area contributed by atoms with Gasteiger partial charge in [-0.3, -0.25) is 4.57 Å². The zero-order valence-corrected chi connectivity index (χ0v) is 31.4. The van der Waals surface area contributed by atoms with Crippen LogP contribution in [0.2, 0.25) is 0 Å². The third-order valence-corrected chi connectivity index (χ3v) is 11.7. The number of hydrogen-bond donors (Lipinski definition) is 0.